The van der Waals surface area contributed by atoms with E-state index in [9.17, 15) is 9.18 Å². The molecule has 0 fully saturated rings. The lowest BCUT2D eigenvalue weighted by atomic mass is 9.76. The zero-order valence-electron chi connectivity index (χ0n) is 19.3. The van der Waals surface area contributed by atoms with E-state index < -0.39 is 11.2 Å². The molecule has 3 N–H and O–H groups in total. The number of carbonyl (C=O) groups is 1. The van der Waals surface area contributed by atoms with E-state index in [1.807, 2.05) is 30.5 Å². The van der Waals surface area contributed by atoms with Gasteiger partial charge in [0, 0.05) is 25.0 Å². The average Bonchev–Trinajstić information content (AvgIpc) is 3.42. The van der Waals surface area contributed by atoms with Crippen molar-refractivity contribution in [3.63, 3.8) is 0 Å². The topological polar surface area (TPSA) is 124 Å². The molecule has 5 heterocycles. The van der Waals surface area contributed by atoms with E-state index in [4.69, 9.17) is 10.7 Å². The molecule has 9 nitrogen and oxygen atoms in total. The van der Waals surface area contributed by atoms with E-state index in [-0.39, 0.29) is 17.5 Å². The van der Waals surface area contributed by atoms with Crippen LogP contribution in [0.2, 0.25) is 0 Å². The Morgan fingerprint density at radius 3 is 2.83 bits per heavy atom. The fourth-order valence-corrected chi connectivity index (χ4v) is 4.57. The molecule has 5 rings (SSSR count). The fraction of sp³-hybridized carbons (Fsp3) is 0.200. The first kappa shape index (κ1) is 22.3. The number of anilines is 2. The summed E-state index contributed by atoms with van der Waals surface area (Å²) in [7, 11) is 0. The summed E-state index contributed by atoms with van der Waals surface area (Å²) in [5.74, 6) is -0.137. The molecule has 1 atom stereocenters. The minimum absolute atomic E-state index is 0.133. The highest BCUT2D eigenvalue weighted by Gasteiger charge is 2.51. The van der Waals surface area contributed by atoms with E-state index in [1.165, 1.54) is 12.1 Å². The second-order valence-corrected chi connectivity index (χ2v) is 8.39. The van der Waals surface area contributed by atoms with E-state index >= 15 is 0 Å². The molecule has 35 heavy (non-hydrogen) atoms. The van der Waals surface area contributed by atoms with Gasteiger partial charge in [-0.05, 0) is 25.5 Å². The van der Waals surface area contributed by atoms with Crippen LogP contribution in [0.4, 0.5) is 16.0 Å². The van der Waals surface area contributed by atoms with Crippen molar-refractivity contribution in [2.45, 2.75) is 32.1 Å². The summed E-state index contributed by atoms with van der Waals surface area (Å²) in [6.45, 7) is 7.57. The van der Waals surface area contributed by atoms with Crippen LogP contribution in [0.25, 0.3) is 17.2 Å². The molecule has 0 spiro atoms. The van der Waals surface area contributed by atoms with Crippen LogP contribution in [-0.2, 0) is 16.6 Å². The predicted octanol–water partition coefficient (Wildman–Crippen LogP) is 3.63. The number of fused-ring (bicyclic) bond motifs is 2. The molecular weight excluding hydrogens is 447 g/mol. The second kappa shape index (κ2) is 8.39. The summed E-state index contributed by atoms with van der Waals surface area (Å²) >= 11 is 0. The lowest BCUT2D eigenvalue weighted by Crippen LogP contribution is -2.36. The number of pyridine rings is 1. The predicted molar refractivity (Wildman–Crippen MR) is 130 cm³/mol. The van der Waals surface area contributed by atoms with Gasteiger partial charge >= 0.3 is 0 Å². The van der Waals surface area contributed by atoms with Gasteiger partial charge < -0.3 is 15.5 Å². The van der Waals surface area contributed by atoms with Crippen molar-refractivity contribution in [2.75, 3.05) is 11.1 Å². The van der Waals surface area contributed by atoms with Gasteiger partial charge in [0.05, 0.1) is 23.1 Å². The molecule has 1 aliphatic heterocycles. The molecule has 176 valence electrons. The summed E-state index contributed by atoms with van der Waals surface area (Å²) < 4.78 is 15.4. The SMILES string of the molecule is C=C/C=C(\C)Cc1nc(-c2nc(N)c3c(n2)NC(=O)C3(CC)c2ccc(F)cn2)cn2ccnc12. The minimum atomic E-state index is -1.22. The van der Waals surface area contributed by atoms with Crippen LogP contribution in [0.1, 0.15) is 37.2 Å². The van der Waals surface area contributed by atoms with Crippen LogP contribution in [-0.4, -0.2) is 35.2 Å². The quantitative estimate of drug-likeness (QED) is 0.412. The van der Waals surface area contributed by atoms with E-state index in [0.29, 0.717) is 35.6 Å². The molecule has 0 saturated carbocycles. The number of nitrogen functional groups attached to an aromatic ring is 1. The van der Waals surface area contributed by atoms with Gasteiger partial charge in [-0.15, -0.1) is 0 Å². The first-order valence-electron chi connectivity index (χ1n) is 11.1. The first-order valence-corrected chi connectivity index (χ1v) is 11.1. The third-order valence-electron chi connectivity index (χ3n) is 6.20. The van der Waals surface area contributed by atoms with Gasteiger partial charge in [0.1, 0.15) is 28.6 Å². The van der Waals surface area contributed by atoms with Crippen LogP contribution >= 0.6 is 0 Å². The molecule has 0 radical (unpaired) electrons. The smallest absolute Gasteiger partial charge is 0.242 e. The van der Waals surface area contributed by atoms with Crippen molar-refractivity contribution in [2.24, 2.45) is 0 Å². The number of nitrogens with zero attached hydrogens (tertiary/aromatic N) is 6. The summed E-state index contributed by atoms with van der Waals surface area (Å²) in [4.78, 5) is 35.7. The van der Waals surface area contributed by atoms with Gasteiger partial charge in [-0.1, -0.05) is 31.2 Å². The number of amides is 1. The minimum Gasteiger partial charge on any atom is -0.383 e. The molecular formula is C25H23FN8O. The molecule has 1 amide bonds. The highest BCUT2D eigenvalue weighted by molar-refractivity contribution is 6.09. The summed E-state index contributed by atoms with van der Waals surface area (Å²) in [5, 5.41) is 2.83. The first-order chi connectivity index (χ1) is 16.9. The number of nitrogens with two attached hydrogens (primary N) is 1. The van der Waals surface area contributed by atoms with Gasteiger partial charge in [0.2, 0.25) is 5.91 Å². The number of hydrogen-bond acceptors (Lipinski definition) is 7. The Morgan fingerprint density at radius 1 is 1.29 bits per heavy atom. The van der Waals surface area contributed by atoms with Crippen LogP contribution in [0.3, 0.4) is 0 Å². The number of nitrogens with one attached hydrogen (secondary N) is 1. The maximum atomic E-state index is 13.5. The largest absolute Gasteiger partial charge is 0.383 e. The van der Waals surface area contributed by atoms with Crippen molar-refractivity contribution in [1.29, 1.82) is 0 Å². The Balaban J connectivity index is 1.65. The molecule has 1 aliphatic rings. The van der Waals surface area contributed by atoms with Gasteiger partial charge in [0.15, 0.2) is 11.5 Å². The Morgan fingerprint density at radius 2 is 2.11 bits per heavy atom. The van der Waals surface area contributed by atoms with E-state index in [2.05, 4.69) is 31.8 Å². The standard InChI is InChI=1S/C25H23FN8O/c1-4-6-14(3)11-16-23-28-9-10-34(23)13-17(30-16)21-31-20(27)19-22(32-21)33-24(35)25(19,5-2)18-8-7-15(26)12-29-18/h4,6-10,12-13H,1,5,11H2,2-3H3,(H3,27,31,32,33,35)/b14-6+. The molecule has 0 bridgehead atoms. The van der Waals surface area contributed by atoms with Crippen LogP contribution in [0, 0.1) is 5.82 Å². The Kier molecular flexibility index (Phi) is 5.35. The van der Waals surface area contributed by atoms with Gasteiger partial charge in [0.25, 0.3) is 0 Å². The van der Waals surface area contributed by atoms with Crippen LogP contribution < -0.4 is 11.1 Å². The number of rotatable bonds is 6. The molecule has 0 aliphatic carbocycles. The number of aromatic nitrogens is 6. The monoisotopic (exact) mass is 470 g/mol. The molecule has 1 unspecified atom stereocenters. The third-order valence-corrected chi connectivity index (χ3v) is 6.20. The zero-order chi connectivity index (χ0) is 24.7. The number of carbonyl (C=O) groups excluding carboxylic acids is 1. The maximum Gasteiger partial charge on any atom is 0.242 e. The molecule has 0 saturated heterocycles. The number of halogens is 1. The molecule has 10 heteroatoms. The average molecular weight is 471 g/mol. The Hall–Kier alpha value is -4.47. The van der Waals surface area contributed by atoms with Crippen molar-refractivity contribution in [1.82, 2.24) is 29.3 Å². The van der Waals surface area contributed by atoms with Gasteiger partial charge in [-0.25, -0.2) is 24.3 Å². The summed E-state index contributed by atoms with van der Waals surface area (Å²) in [6.07, 6.45) is 10.9. The lowest BCUT2D eigenvalue weighted by Gasteiger charge is -2.25. The second-order valence-electron chi connectivity index (χ2n) is 8.39. The lowest BCUT2D eigenvalue weighted by molar-refractivity contribution is -0.119. The fourth-order valence-electron chi connectivity index (χ4n) is 4.57. The van der Waals surface area contributed by atoms with Gasteiger partial charge in [-0.3, -0.25) is 9.78 Å². The van der Waals surface area contributed by atoms with Crippen molar-refractivity contribution in [3.8, 4) is 11.5 Å². The van der Waals surface area contributed by atoms with Crippen molar-refractivity contribution < 1.29 is 9.18 Å². The normalized spacial score (nSPS) is 17.5. The van der Waals surface area contributed by atoms with E-state index in [1.54, 1.807) is 18.5 Å². The Labute approximate surface area is 200 Å². The third kappa shape index (κ3) is 3.54. The highest BCUT2D eigenvalue weighted by atomic mass is 19.1. The highest BCUT2D eigenvalue weighted by Crippen LogP contribution is 2.46. The molecule has 0 aromatic carbocycles. The maximum absolute atomic E-state index is 13.5. The number of allylic oxidation sites excluding steroid dienone is 3. The van der Waals surface area contributed by atoms with Crippen LogP contribution in [0.5, 0.6) is 0 Å². The summed E-state index contributed by atoms with van der Waals surface area (Å²) in [5.41, 5.74) is 9.04. The number of imidazole rings is 1. The summed E-state index contributed by atoms with van der Waals surface area (Å²) in [6, 6.07) is 2.76. The van der Waals surface area contributed by atoms with Crippen molar-refractivity contribution >= 4 is 23.2 Å². The number of hydrogen-bond donors (Lipinski definition) is 2. The zero-order valence-corrected chi connectivity index (χ0v) is 19.3. The van der Waals surface area contributed by atoms with E-state index in [0.717, 1.165) is 23.1 Å². The molecule has 4 aromatic heterocycles. The van der Waals surface area contributed by atoms with Gasteiger partial charge in [-0.2, -0.15) is 0 Å². The Bertz CT molecular complexity index is 1510. The molecule has 4 aromatic rings. The van der Waals surface area contributed by atoms with Crippen LogP contribution in [0.15, 0.2) is 61.2 Å². The van der Waals surface area contributed by atoms with Crippen molar-refractivity contribution in [3.05, 3.63) is 84.0 Å².